The summed E-state index contributed by atoms with van der Waals surface area (Å²) in [5.74, 6) is 2.79. The van der Waals surface area contributed by atoms with E-state index in [4.69, 9.17) is 0 Å². The highest BCUT2D eigenvalue weighted by atomic mass is 16.1. The number of amides is 1. The van der Waals surface area contributed by atoms with Crippen LogP contribution in [-0.4, -0.2) is 40.7 Å². The average molecular weight is 297 g/mol. The van der Waals surface area contributed by atoms with Crippen molar-refractivity contribution >= 4 is 5.91 Å². The standard InChI is InChI=1S/C16H19N5O/c22-16(18-9-10-7-17-8-10)13-5-3-12(4-6-13)15-19-14(20-21-15)11-1-2-11/h3-6,10-11,17H,1-2,7-9H2,(H,18,22)(H,19,20,21). The van der Waals surface area contributed by atoms with Crippen molar-refractivity contribution in [2.75, 3.05) is 19.6 Å². The molecule has 3 N–H and O–H groups in total. The molecule has 0 spiro atoms. The first-order valence-corrected chi connectivity index (χ1v) is 7.81. The second kappa shape index (κ2) is 5.53. The van der Waals surface area contributed by atoms with Crippen molar-refractivity contribution in [2.45, 2.75) is 18.8 Å². The zero-order valence-electron chi connectivity index (χ0n) is 12.3. The lowest BCUT2D eigenvalue weighted by atomic mass is 10.0. The zero-order chi connectivity index (χ0) is 14.9. The van der Waals surface area contributed by atoms with Crippen LogP contribution in [0, 0.1) is 5.92 Å². The van der Waals surface area contributed by atoms with E-state index in [-0.39, 0.29) is 5.91 Å². The van der Waals surface area contributed by atoms with Gasteiger partial charge in [0.05, 0.1) is 0 Å². The highest BCUT2D eigenvalue weighted by molar-refractivity contribution is 5.94. The van der Waals surface area contributed by atoms with Crippen LogP contribution >= 0.6 is 0 Å². The summed E-state index contributed by atoms with van der Waals surface area (Å²) < 4.78 is 0. The molecule has 1 aliphatic carbocycles. The number of aromatic amines is 1. The molecule has 22 heavy (non-hydrogen) atoms. The fraction of sp³-hybridized carbons (Fsp3) is 0.438. The predicted molar refractivity (Wildman–Crippen MR) is 82.5 cm³/mol. The molecule has 0 bridgehead atoms. The number of carbonyl (C=O) groups is 1. The van der Waals surface area contributed by atoms with Gasteiger partial charge in [-0.05, 0) is 25.0 Å². The molecule has 2 heterocycles. The molecule has 114 valence electrons. The average Bonchev–Trinajstić information content (AvgIpc) is 3.23. The maximum absolute atomic E-state index is 12.1. The molecule has 6 heteroatoms. The molecule has 1 amide bonds. The molecule has 1 saturated carbocycles. The first-order chi connectivity index (χ1) is 10.8. The van der Waals surface area contributed by atoms with Gasteiger partial charge in [-0.2, -0.15) is 5.10 Å². The third kappa shape index (κ3) is 2.74. The largest absolute Gasteiger partial charge is 0.352 e. The van der Waals surface area contributed by atoms with Crippen molar-refractivity contribution in [2.24, 2.45) is 5.92 Å². The molecule has 0 atom stereocenters. The van der Waals surface area contributed by atoms with Crippen molar-refractivity contribution in [3.05, 3.63) is 35.7 Å². The second-order valence-electron chi connectivity index (χ2n) is 6.13. The van der Waals surface area contributed by atoms with Gasteiger partial charge in [-0.15, -0.1) is 0 Å². The molecule has 2 fully saturated rings. The number of nitrogens with one attached hydrogen (secondary N) is 3. The summed E-state index contributed by atoms with van der Waals surface area (Å²) in [6, 6.07) is 7.47. The molecule has 0 radical (unpaired) electrons. The predicted octanol–water partition coefficient (Wildman–Crippen LogP) is 1.30. The maximum atomic E-state index is 12.1. The van der Waals surface area contributed by atoms with Crippen LogP contribution in [0.2, 0.25) is 0 Å². The van der Waals surface area contributed by atoms with Crippen molar-refractivity contribution in [1.29, 1.82) is 0 Å². The van der Waals surface area contributed by atoms with Crippen LogP contribution in [0.4, 0.5) is 0 Å². The quantitative estimate of drug-likeness (QED) is 0.777. The van der Waals surface area contributed by atoms with Crippen LogP contribution in [0.5, 0.6) is 0 Å². The summed E-state index contributed by atoms with van der Waals surface area (Å²) in [5, 5.41) is 13.4. The molecule has 2 aliphatic rings. The van der Waals surface area contributed by atoms with Crippen LogP contribution in [0.3, 0.4) is 0 Å². The molecule has 1 aromatic carbocycles. The second-order valence-corrected chi connectivity index (χ2v) is 6.13. The van der Waals surface area contributed by atoms with E-state index >= 15 is 0 Å². The molecule has 1 aromatic heterocycles. The van der Waals surface area contributed by atoms with Crippen molar-refractivity contribution in [3.8, 4) is 11.4 Å². The lowest BCUT2D eigenvalue weighted by molar-refractivity contribution is 0.0942. The van der Waals surface area contributed by atoms with E-state index in [0.29, 0.717) is 23.2 Å². The number of carbonyl (C=O) groups excluding carboxylic acids is 1. The summed E-state index contributed by atoms with van der Waals surface area (Å²) in [6.07, 6.45) is 2.40. The lowest BCUT2D eigenvalue weighted by Crippen LogP contribution is -2.48. The Morgan fingerprint density at radius 2 is 2.00 bits per heavy atom. The van der Waals surface area contributed by atoms with Crippen LogP contribution in [-0.2, 0) is 0 Å². The fourth-order valence-electron chi connectivity index (χ4n) is 2.55. The molecule has 6 nitrogen and oxygen atoms in total. The SMILES string of the molecule is O=C(NCC1CNC1)c1ccc(-c2n[nH]c(C3CC3)n2)cc1. The fourth-order valence-corrected chi connectivity index (χ4v) is 2.55. The number of benzene rings is 1. The van der Waals surface area contributed by atoms with Gasteiger partial charge < -0.3 is 10.6 Å². The maximum Gasteiger partial charge on any atom is 0.251 e. The van der Waals surface area contributed by atoms with Gasteiger partial charge in [-0.3, -0.25) is 9.89 Å². The highest BCUT2D eigenvalue weighted by Gasteiger charge is 2.27. The van der Waals surface area contributed by atoms with Crippen LogP contribution < -0.4 is 10.6 Å². The van der Waals surface area contributed by atoms with Crippen LogP contribution in [0.15, 0.2) is 24.3 Å². The summed E-state index contributed by atoms with van der Waals surface area (Å²) >= 11 is 0. The summed E-state index contributed by atoms with van der Waals surface area (Å²) in [4.78, 5) is 16.6. The molecular weight excluding hydrogens is 278 g/mol. The van der Waals surface area contributed by atoms with Crippen molar-refractivity contribution < 1.29 is 4.79 Å². The van der Waals surface area contributed by atoms with Gasteiger partial charge in [0.15, 0.2) is 5.82 Å². The number of rotatable bonds is 5. The Balaban J connectivity index is 1.41. The Morgan fingerprint density at radius 3 is 2.64 bits per heavy atom. The molecule has 2 aromatic rings. The minimum absolute atomic E-state index is 0.0212. The van der Waals surface area contributed by atoms with Crippen molar-refractivity contribution in [1.82, 2.24) is 25.8 Å². The highest BCUT2D eigenvalue weighted by Crippen LogP contribution is 2.38. The minimum atomic E-state index is -0.0212. The minimum Gasteiger partial charge on any atom is -0.352 e. The Labute approximate surface area is 128 Å². The molecule has 0 unspecified atom stereocenters. The summed E-state index contributed by atoms with van der Waals surface area (Å²) in [6.45, 7) is 2.72. The van der Waals surface area contributed by atoms with Gasteiger partial charge in [0.1, 0.15) is 5.82 Å². The molecule has 4 rings (SSSR count). The number of aromatic nitrogens is 3. The third-order valence-corrected chi connectivity index (χ3v) is 4.29. The Hall–Kier alpha value is -2.21. The topological polar surface area (TPSA) is 82.7 Å². The first kappa shape index (κ1) is 13.5. The number of H-pyrrole nitrogens is 1. The molecular formula is C16H19N5O. The lowest BCUT2D eigenvalue weighted by Gasteiger charge is -2.27. The van der Waals surface area contributed by atoms with Gasteiger partial charge in [0.2, 0.25) is 0 Å². The Kier molecular flexibility index (Phi) is 3.38. The normalized spacial score (nSPS) is 18.0. The number of hydrogen-bond donors (Lipinski definition) is 3. The Bertz CT molecular complexity index is 670. The van der Waals surface area contributed by atoms with E-state index in [0.717, 1.165) is 31.0 Å². The van der Waals surface area contributed by atoms with Gasteiger partial charge in [0.25, 0.3) is 5.91 Å². The van der Waals surface area contributed by atoms with Crippen LogP contribution in [0.1, 0.15) is 34.9 Å². The van der Waals surface area contributed by atoms with Gasteiger partial charge in [-0.25, -0.2) is 4.98 Å². The van der Waals surface area contributed by atoms with E-state index in [1.165, 1.54) is 12.8 Å². The third-order valence-electron chi connectivity index (χ3n) is 4.29. The zero-order valence-corrected chi connectivity index (χ0v) is 12.3. The van der Waals surface area contributed by atoms with E-state index < -0.39 is 0 Å². The van der Waals surface area contributed by atoms with Crippen molar-refractivity contribution in [3.63, 3.8) is 0 Å². The summed E-state index contributed by atoms with van der Waals surface area (Å²) in [7, 11) is 0. The van der Waals surface area contributed by atoms with Gasteiger partial charge in [-0.1, -0.05) is 12.1 Å². The smallest absolute Gasteiger partial charge is 0.251 e. The van der Waals surface area contributed by atoms with E-state index in [1.54, 1.807) is 0 Å². The molecule has 1 aliphatic heterocycles. The number of nitrogens with zero attached hydrogens (tertiary/aromatic N) is 2. The van der Waals surface area contributed by atoms with Gasteiger partial charge in [0, 0.05) is 42.6 Å². The summed E-state index contributed by atoms with van der Waals surface area (Å²) in [5.41, 5.74) is 1.61. The van der Waals surface area contributed by atoms with E-state index in [9.17, 15) is 4.79 Å². The van der Waals surface area contributed by atoms with Gasteiger partial charge >= 0.3 is 0 Å². The monoisotopic (exact) mass is 297 g/mol. The van der Waals surface area contributed by atoms with Crippen LogP contribution in [0.25, 0.3) is 11.4 Å². The first-order valence-electron chi connectivity index (χ1n) is 7.81. The van der Waals surface area contributed by atoms with E-state index in [1.807, 2.05) is 24.3 Å². The molecule has 1 saturated heterocycles. The number of hydrogen-bond acceptors (Lipinski definition) is 4. The van der Waals surface area contributed by atoms with E-state index in [2.05, 4.69) is 25.8 Å². The Morgan fingerprint density at radius 1 is 1.23 bits per heavy atom.